The zero-order chi connectivity index (χ0) is 13.8. The standard InChI is InChI=1S/C13H11FINO3/c1-2-3-10(17)18-13-11(15)19-12(16-13)8-4-6-9(14)7-5-8/h4-7H,2-3H2,1H3. The second-order valence-corrected chi connectivity index (χ2v) is 4.81. The van der Waals surface area contributed by atoms with Crippen molar-refractivity contribution < 1.29 is 18.3 Å². The summed E-state index contributed by atoms with van der Waals surface area (Å²) in [5, 5.41) is 0. The maximum atomic E-state index is 12.8. The summed E-state index contributed by atoms with van der Waals surface area (Å²) in [5.74, 6) is -0.235. The minimum atomic E-state index is -0.348. The first-order chi connectivity index (χ1) is 9.10. The molecule has 0 saturated carbocycles. The summed E-state index contributed by atoms with van der Waals surface area (Å²) in [5.41, 5.74) is 0.622. The van der Waals surface area contributed by atoms with Crippen molar-refractivity contribution in [1.29, 1.82) is 0 Å². The largest absolute Gasteiger partial charge is 0.426 e. The third kappa shape index (κ3) is 3.52. The first kappa shape index (κ1) is 14.0. The van der Waals surface area contributed by atoms with Crippen molar-refractivity contribution in [2.45, 2.75) is 19.8 Å². The molecule has 100 valence electrons. The van der Waals surface area contributed by atoms with E-state index >= 15 is 0 Å². The van der Waals surface area contributed by atoms with Crippen LogP contribution in [0, 0.1) is 9.58 Å². The normalized spacial score (nSPS) is 10.5. The van der Waals surface area contributed by atoms with Crippen molar-refractivity contribution in [1.82, 2.24) is 4.98 Å². The number of rotatable bonds is 4. The summed E-state index contributed by atoms with van der Waals surface area (Å²) in [6.07, 6.45) is 1.03. The van der Waals surface area contributed by atoms with Gasteiger partial charge in [-0.25, -0.2) is 4.39 Å². The Labute approximate surface area is 123 Å². The Balaban J connectivity index is 2.21. The molecular weight excluding hydrogens is 364 g/mol. The predicted molar refractivity (Wildman–Crippen MR) is 75.2 cm³/mol. The van der Waals surface area contributed by atoms with E-state index in [1.165, 1.54) is 12.1 Å². The molecule has 1 aromatic heterocycles. The van der Waals surface area contributed by atoms with Crippen LogP contribution in [0.2, 0.25) is 0 Å². The number of hydrogen-bond donors (Lipinski definition) is 0. The van der Waals surface area contributed by atoms with E-state index in [1.54, 1.807) is 12.1 Å². The van der Waals surface area contributed by atoms with Gasteiger partial charge in [-0.05, 0) is 30.7 Å². The highest BCUT2D eigenvalue weighted by Gasteiger charge is 2.16. The van der Waals surface area contributed by atoms with Gasteiger partial charge < -0.3 is 9.15 Å². The monoisotopic (exact) mass is 375 g/mol. The van der Waals surface area contributed by atoms with Gasteiger partial charge in [0.25, 0.3) is 5.88 Å². The average Bonchev–Trinajstić information content (AvgIpc) is 2.72. The Bertz CT molecular complexity index is 580. The first-order valence-electron chi connectivity index (χ1n) is 5.73. The number of aromatic nitrogens is 1. The van der Waals surface area contributed by atoms with Crippen LogP contribution in [0.1, 0.15) is 19.8 Å². The van der Waals surface area contributed by atoms with Crippen molar-refractivity contribution in [3.05, 3.63) is 33.8 Å². The van der Waals surface area contributed by atoms with E-state index in [-0.39, 0.29) is 17.7 Å². The molecule has 0 fully saturated rings. The van der Waals surface area contributed by atoms with Crippen LogP contribution in [0.3, 0.4) is 0 Å². The van der Waals surface area contributed by atoms with E-state index < -0.39 is 0 Å². The third-order valence-electron chi connectivity index (χ3n) is 2.31. The molecule has 2 aromatic rings. The van der Waals surface area contributed by atoms with Gasteiger partial charge in [0, 0.05) is 34.6 Å². The molecule has 4 nitrogen and oxygen atoms in total. The number of benzene rings is 1. The van der Waals surface area contributed by atoms with Crippen LogP contribution in [0.25, 0.3) is 11.5 Å². The number of esters is 1. The Morgan fingerprint density at radius 2 is 2.11 bits per heavy atom. The van der Waals surface area contributed by atoms with Crippen molar-refractivity contribution in [2.75, 3.05) is 0 Å². The number of nitrogens with zero attached hydrogens (tertiary/aromatic N) is 1. The van der Waals surface area contributed by atoms with Gasteiger partial charge in [0.15, 0.2) is 0 Å². The lowest BCUT2D eigenvalue weighted by Crippen LogP contribution is -2.07. The molecule has 0 unspecified atom stereocenters. The number of halogens is 2. The predicted octanol–water partition coefficient (Wildman–Crippen LogP) is 3.79. The quantitative estimate of drug-likeness (QED) is 0.603. The van der Waals surface area contributed by atoms with Gasteiger partial charge in [0.2, 0.25) is 9.66 Å². The lowest BCUT2D eigenvalue weighted by molar-refractivity contribution is -0.134. The Hall–Kier alpha value is -1.44. The molecule has 0 radical (unpaired) electrons. The van der Waals surface area contributed by atoms with Crippen molar-refractivity contribution in [3.63, 3.8) is 0 Å². The minimum Gasteiger partial charge on any atom is -0.426 e. The first-order valence-corrected chi connectivity index (χ1v) is 6.81. The number of oxazole rings is 1. The van der Waals surface area contributed by atoms with Crippen LogP contribution >= 0.6 is 22.6 Å². The zero-order valence-electron chi connectivity index (χ0n) is 10.2. The lowest BCUT2D eigenvalue weighted by atomic mass is 10.2. The van der Waals surface area contributed by atoms with E-state index in [4.69, 9.17) is 9.15 Å². The van der Waals surface area contributed by atoms with E-state index in [9.17, 15) is 9.18 Å². The molecule has 0 aliphatic rings. The molecule has 0 aliphatic carbocycles. The molecule has 1 heterocycles. The van der Waals surface area contributed by atoms with E-state index in [0.717, 1.165) is 0 Å². The second-order valence-electron chi connectivity index (χ2n) is 3.83. The summed E-state index contributed by atoms with van der Waals surface area (Å²) in [6, 6.07) is 5.73. The summed E-state index contributed by atoms with van der Waals surface area (Å²) in [7, 11) is 0. The maximum absolute atomic E-state index is 12.8. The van der Waals surface area contributed by atoms with E-state index in [0.29, 0.717) is 28.1 Å². The molecule has 19 heavy (non-hydrogen) atoms. The Kier molecular flexibility index (Phi) is 4.52. The molecule has 0 aliphatic heterocycles. The molecule has 1 aromatic carbocycles. The van der Waals surface area contributed by atoms with Crippen LogP contribution in [0.15, 0.2) is 28.7 Å². The van der Waals surface area contributed by atoms with Gasteiger partial charge in [-0.2, -0.15) is 4.98 Å². The smallest absolute Gasteiger partial charge is 0.312 e. The third-order valence-corrected chi connectivity index (χ3v) is 2.99. The van der Waals surface area contributed by atoms with Crippen LogP contribution in [0.4, 0.5) is 4.39 Å². The van der Waals surface area contributed by atoms with Crippen LogP contribution in [-0.2, 0) is 4.79 Å². The van der Waals surface area contributed by atoms with E-state index in [1.807, 2.05) is 29.5 Å². The molecule has 0 spiro atoms. The molecule has 0 saturated heterocycles. The van der Waals surface area contributed by atoms with Crippen LogP contribution < -0.4 is 4.74 Å². The number of carbonyl (C=O) groups is 1. The maximum Gasteiger partial charge on any atom is 0.312 e. The van der Waals surface area contributed by atoms with Crippen LogP contribution in [-0.4, -0.2) is 11.0 Å². The van der Waals surface area contributed by atoms with Crippen molar-refractivity contribution >= 4 is 28.6 Å². The number of hydrogen-bond acceptors (Lipinski definition) is 4. The summed E-state index contributed by atoms with van der Waals surface area (Å²) < 4.78 is 23.7. The lowest BCUT2D eigenvalue weighted by Gasteiger charge is -1.97. The molecule has 0 bridgehead atoms. The fourth-order valence-electron chi connectivity index (χ4n) is 1.43. The van der Waals surface area contributed by atoms with Gasteiger partial charge in [0.1, 0.15) is 5.82 Å². The molecule has 0 atom stereocenters. The summed E-state index contributed by atoms with van der Waals surface area (Å²) in [4.78, 5) is 15.5. The number of carbonyl (C=O) groups excluding carboxylic acids is 1. The van der Waals surface area contributed by atoms with Crippen molar-refractivity contribution in [2.24, 2.45) is 0 Å². The van der Waals surface area contributed by atoms with Gasteiger partial charge in [-0.3, -0.25) is 4.79 Å². The molecule has 6 heteroatoms. The fourth-order valence-corrected chi connectivity index (χ4v) is 1.87. The molecular formula is C13H11FINO3. The topological polar surface area (TPSA) is 52.3 Å². The minimum absolute atomic E-state index is 0.151. The van der Waals surface area contributed by atoms with E-state index in [2.05, 4.69) is 4.98 Å². The van der Waals surface area contributed by atoms with Crippen molar-refractivity contribution in [3.8, 4) is 17.3 Å². The molecule has 0 N–H and O–H groups in total. The molecule has 0 amide bonds. The second kappa shape index (κ2) is 6.14. The SMILES string of the molecule is CCCC(=O)Oc1nc(-c2ccc(F)cc2)oc1I. The van der Waals surface area contributed by atoms with Gasteiger partial charge >= 0.3 is 5.97 Å². The average molecular weight is 375 g/mol. The zero-order valence-corrected chi connectivity index (χ0v) is 12.3. The summed E-state index contributed by atoms with van der Waals surface area (Å²) >= 11 is 1.90. The van der Waals surface area contributed by atoms with Gasteiger partial charge in [0.05, 0.1) is 0 Å². The highest BCUT2D eigenvalue weighted by atomic mass is 127. The van der Waals surface area contributed by atoms with Gasteiger partial charge in [-0.1, -0.05) is 6.92 Å². The number of ether oxygens (including phenoxy) is 1. The summed E-state index contributed by atoms with van der Waals surface area (Å²) in [6.45, 7) is 1.89. The Morgan fingerprint density at radius 3 is 2.74 bits per heavy atom. The Morgan fingerprint density at radius 1 is 1.42 bits per heavy atom. The fraction of sp³-hybridized carbons (Fsp3) is 0.231. The van der Waals surface area contributed by atoms with Gasteiger partial charge in [-0.15, -0.1) is 0 Å². The highest BCUT2D eigenvalue weighted by molar-refractivity contribution is 14.1. The highest BCUT2D eigenvalue weighted by Crippen LogP contribution is 2.28. The van der Waals surface area contributed by atoms with Crippen LogP contribution in [0.5, 0.6) is 5.88 Å². The molecule has 2 rings (SSSR count).